The van der Waals surface area contributed by atoms with Gasteiger partial charge in [0.25, 0.3) is 5.91 Å². The zero-order valence-electron chi connectivity index (χ0n) is 11.4. The van der Waals surface area contributed by atoms with Gasteiger partial charge in [0.1, 0.15) is 10.3 Å². The van der Waals surface area contributed by atoms with Gasteiger partial charge in [0, 0.05) is 12.1 Å². The van der Waals surface area contributed by atoms with Gasteiger partial charge in [-0.25, -0.2) is 9.97 Å². The molecule has 6 heteroatoms. The molecule has 2 atom stereocenters. The summed E-state index contributed by atoms with van der Waals surface area (Å²) in [6, 6.07) is 4.64. The highest BCUT2D eigenvalue weighted by molar-refractivity contribution is 7.19. The second-order valence-electron chi connectivity index (χ2n) is 5.16. The lowest BCUT2D eigenvalue weighted by molar-refractivity contribution is 0.1000. The molecule has 1 aliphatic heterocycles. The molecule has 5 nitrogen and oxygen atoms in total. The summed E-state index contributed by atoms with van der Waals surface area (Å²) < 4.78 is 0. The molecule has 3 rings (SSSR count). The second-order valence-corrected chi connectivity index (χ2v) is 6.13. The number of carbonyl (C=O) groups excluding carboxylic acids is 1. The third kappa shape index (κ3) is 2.44. The minimum atomic E-state index is -0.502. The molecule has 0 saturated carbocycles. The van der Waals surface area contributed by atoms with Crippen LogP contribution in [0.15, 0.2) is 18.2 Å². The van der Waals surface area contributed by atoms with E-state index in [4.69, 9.17) is 5.73 Å². The molecule has 0 radical (unpaired) electrons. The quantitative estimate of drug-likeness (QED) is 0.885. The Labute approximate surface area is 120 Å². The fraction of sp³-hybridized carbons (Fsp3) is 0.357. The number of rotatable bonds is 2. The van der Waals surface area contributed by atoms with E-state index in [0.29, 0.717) is 17.1 Å². The van der Waals surface area contributed by atoms with Crippen molar-refractivity contribution in [3.05, 3.63) is 28.9 Å². The Morgan fingerprint density at radius 2 is 2.20 bits per heavy atom. The Kier molecular flexibility index (Phi) is 3.27. The molecule has 20 heavy (non-hydrogen) atoms. The molecule has 0 saturated heterocycles. The first-order chi connectivity index (χ1) is 9.52. The number of hydrogen-bond donors (Lipinski definition) is 2. The average molecular weight is 288 g/mol. The first-order valence-corrected chi connectivity index (χ1v) is 7.39. The van der Waals surface area contributed by atoms with E-state index in [1.807, 2.05) is 12.1 Å². The Morgan fingerprint density at radius 1 is 1.40 bits per heavy atom. The fourth-order valence-corrected chi connectivity index (χ4v) is 3.34. The second kappa shape index (κ2) is 4.96. The zero-order valence-corrected chi connectivity index (χ0v) is 12.2. The van der Waals surface area contributed by atoms with E-state index in [0.717, 1.165) is 22.5 Å². The van der Waals surface area contributed by atoms with Crippen molar-refractivity contribution >= 4 is 33.2 Å². The predicted octanol–water partition coefficient (Wildman–Crippen LogP) is 1.94. The van der Waals surface area contributed by atoms with E-state index >= 15 is 0 Å². The molecule has 0 aliphatic carbocycles. The van der Waals surface area contributed by atoms with Crippen molar-refractivity contribution in [1.82, 2.24) is 15.3 Å². The highest BCUT2D eigenvalue weighted by Crippen LogP contribution is 2.26. The van der Waals surface area contributed by atoms with E-state index in [-0.39, 0.29) is 0 Å². The third-order valence-corrected chi connectivity index (χ3v) is 4.30. The summed E-state index contributed by atoms with van der Waals surface area (Å²) in [5, 5.41) is 3.77. The third-order valence-electron chi connectivity index (χ3n) is 3.32. The summed E-state index contributed by atoms with van der Waals surface area (Å²) in [6.45, 7) is 4.30. The predicted molar refractivity (Wildman–Crippen MR) is 80.6 cm³/mol. The Morgan fingerprint density at radius 3 is 2.90 bits per heavy atom. The summed E-state index contributed by atoms with van der Waals surface area (Å²) in [7, 11) is 0. The largest absolute Gasteiger partial charge is 0.364 e. The van der Waals surface area contributed by atoms with Crippen LogP contribution in [0.3, 0.4) is 0 Å². The van der Waals surface area contributed by atoms with Gasteiger partial charge >= 0.3 is 0 Å². The van der Waals surface area contributed by atoms with Crippen molar-refractivity contribution in [2.45, 2.75) is 32.4 Å². The minimum absolute atomic E-state index is 0.311. The van der Waals surface area contributed by atoms with Gasteiger partial charge in [0.2, 0.25) is 0 Å². The highest BCUT2D eigenvalue weighted by atomic mass is 32.1. The topological polar surface area (TPSA) is 80.9 Å². The van der Waals surface area contributed by atoms with Crippen LogP contribution in [-0.4, -0.2) is 28.0 Å². The van der Waals surface area contributed by atoms with Crippen molar-refractivity contribution in [3.63, 3.8) is 0 Å². The number of nitrogens with two attached hydrogens (primary N) is 1. The van der Waals surface area contributed by atoms with Gasteiger partial charge in [-0.15, -0.1) is 0 Å². The highest BCUT2D eigenvalue weighted by Gasteiger charge is 2.18. The summed E-state index contributed by atoms with van der Waals surface area (Å²) >= 11 is 1.25. The van der Waals surface area contributed by atoms with Crippen molar-refractivity contribution in [1.29, 1.82) is 0 Å². The summed E-state index contributed by atoms with van der Waals surface area (Å²) in [5.74, 6) is -0.502. The molecule has 3 N–H and O–H groups in total. The molecule has 0 aromatic carbocycles. The van der Waals surface area contributed by atoms with Crippen molar-refractivity contribution in [3.8, 4) is 0 Å². The van der Waals surface area contributed by atoms with Crippen LogP contribution in [0, 0.1) is 0 Å². The maximum atomic E-state index is 11.2. The number of primary amides is 1. The maximum absolute atomic E-state index is 11.2. The monoisotopic (exact) mass is 288 g/mol. The number of amides is 1. The molecule has 1 aliphatic rings. The molecule has 0 fully saturated rings. The van der Waals surface area contributed by atoms with Crippen LogP contribution in [0.2, 0.25) is 0 Å². The molecule has 0 bridgehead atoms. The van der Waals surface area contributed by atoms with Gasteiger partial charge in [0.15, 0.2) is 5.01 Å². The Balaban J connectivity index is 2.02. The van der Waals surface area contributed by atoms with Gasteiger partial charge in [-0.2, -0.15) is 0 Å². The molecule has 2 aromatic rings. The number of thiazole rings is 1. The zero-order chi connectivity index (χ0) is 14.3. The lowest BCUT2D eigenvalue weighted by atomic mass is 9.97. The van der Waals surface area contributed by atoms with Gasteiger partial charge < -0.3 is 11.1 Å². The van der Waals surface area contributed by atoms with Gasteiger partial charge in [0.05, 0.1) is 5.69 Å². The first-order valence-electron chi connectivity index (χ1n) is 6.57. The Hall–Kier alpha value is -1.79. The van der Waals surface area contributed by atoms with Gasteiger partial charge in [-0.05, 0) is 38.0 Å². The number of carbonyl (C=O) groups is 1. The van der Waals surface area contributed by atoms with Gasteiger partial charge in [-0.3, -0.25) is 4.79 Å². The standard InChI is InChI=1S/C14H16N4OS/c1-7-5-9(6-8(2)16-7)10-3-4-11-13(17-10)20-14(18-11)12(15)19/h3-5,7-8,16H,6H2,1-2H3,(H2,15,19). The Bertz CT molecular complexity index is 706. The van der Waals surface area contributed by atoms with Crippen molar-refractivity contribution < 1.29 is 4.79 Å². The first kappa shape index (κ1) is 13.2. The van der Waals surface area contributed by atoms with Crippen LogP contribution in [0.1, 0.15) is 35.8 Å². The van der Waals surface area contributed by atoms with Crippen molar-refractivity contribution in [2.24, 2.45) is 5.73 Å². The van der Waals surface area contributed by atoms with Crippen LogP contribution >= 0.6 is 11.3 Å². The molecule has 104 valence electrons. The molecule has 2 aromatic heterocycles. The van der Waals surface area contributed by atoms with E-state index in [2.05, 4.69) is 35.2 Å². The number of nitrogens with zero attached hydrogens (tertiary/aromatic N) is 2. The number of pyridine rings is 1. The minimum Gasteiger partial charge on any atom is -0.364 e. The van der Waals surface area contributed by atoms with E-state index in [1.165, 1.54) is 16.9 Å². The van der Waals surface area contributed by atoms with Crippen LogP contribution < -0.4 is 11.1 Å². The van der Waals surface area contributed by atoms with E-state index in [9.17, 15) is 4.79 Å². The average Bonchev–Trinajstić information content (AvgIpc) is 2.80. The van der Waals surface area contributed by atoms with Crippen molar-refractivity contribution in [2.75, 3.05) is 0 Å². The molecule has 1 amide bonds. The molecule has 3 heterocycles. The maximum Gasteiger partial charge on any atom is 0.277 e. The summed E-state index contributed by atoms with van der Waals surface area (Å²) in [4.78, 5) is 20.7. The van der Waals surface area contributed by atoms with Crippen LogP contribution in [0.25, 0.3) is 15.9 Å². The number of fused-ring (bicyclic) bond motifs is 1. The smallest absolute Gasteiger partial charge is 0.277 e. The fourth-order valence-electron chi connectivity index (χ4n) is 2.55. The number of nitrogens with one attached hydrogen (secondary N) is 1. The van der Waals surface area contributed by atoms with Crippen LogP contribution in [-0.2, 0) is 0 Å². The van der Waals surface area contributed by atoms with E-state index < -0.39 is 5.91 Å². The normalized spacial score (nSPS) is 22.8. The summed E-state index contributed by atoms with van der Waals surface area (Å²) in [5.41, 5.74) is 8.17. The molecule has 2 unspecified atom stereocenters. The molecular weight excluding hydrogens is 272 g/mol. The van der Waals surface area contributed by atoms with Gasteiger partial charge in [-0.1, -0.05) is 17.4 Å². The lowest BCUT2D eigenvalue weighted by Crippen LogP contribution is -2.36. The lowest BCUT2D eigenvalue weighted by Gasteiger charge is -2.25. The number of aromatic nitrogens is 2. The summed E-state index contributed by atoms with van der Waals surface area (Å²) in [6.07, 6.45) is 3.15. The van der Waals surface area contributed by atoms with Crippen LogP contribution in [0.4, 0.5) is 0 Å². The molecule has 0 spiro atoms. The molecular formula is C14H16N4OS. The van der Waals surface area contributed by atoms with Crippen LogP contribution in [0.5, 0.6) is 0 Å². The van der Waals surface area contributed by atoms with E-state index in [1.54, 1.807) is 0 Å². The number of hydrogen-bond acceptors (Lipinski definition) is 5. The SMILES string of the molecule is CC1C=C(c2ccc3nc(C(N)=O)sc3n2)CC(C)N1.